The van der Waals surface area contributed by atoms with Gasteiger partial charge in [0.1, 0.15) is 11.5 Å². The minimum Gasteiger partial charge on any atom is -0.490 e. The minimum absolute atomic E-state index is 0.107. The van der Waals surface area contributed by atoms with Crippen LogP contribution in [0.5, 0.6) is 11.5 Å². The van der Waals surface area contributed by atoms with Crippen molar-refractivity contribution in [1.82, 2.24) is 9.80 Å². The van der Waals surface area contributed by atoms with E-state index in [1.807, 2.05) is 24.3 Å². The van der Waals surface area contributed by atoms with Gasteiger partial charge in [0, 0.05) is 62.8 Å². The van der Waals surface area contributed by atoms with Crippen molar-refractivity contribution in [1.29, 1.82) is 0 Å². The van der Waals surface area contributed by atoms with Crippen LogP contribution in [0.15, 0.2) is 48.5 Å². The molecule has 1 saturated carbocycles. The van der Waals surface area contributed by atoms with Crippen LogP contribution in [0.3, 0.4) is 0 Å². The van der Waals surface area contributed by atoms with E-state index >= 15 is 0 Å². The summed E-state index contributed by atoms with van der Waals surface area (Å²) in [6.45, 7) is 4.57. The number of halogens is 3. The first-order valence-corrected chi connectivity index (χ1v) is 12.5. The van der Waals surface area contributed by atoms with E-state index in [2.05, 4.69) is 19.9 Å². The number of hydrogen-bond donors (Lipinski definition) is 1. The van der Waals surface area contributed by atoms with Crippen LogP contribution in [0.4, 0.5) is 29.3 Å². The van der Waals surface area contributed by atoms with E-state index in [0.29, 0.717) is 19.1 Å². The van der Waals surface area contributed by atoms with E-state index in [1.165, 1.54) is 25.0 Å². The number of likely N-dealkylation sites (tertiary alicyclic amines) is 1. The summed E-state index contributed by atoms with van der Waals surface area (Å²) in [5.74, 6) is 0.576. The average Bonchev–Trinajstić information content (AvgIpc) is 3.31. The third kappa shape index (κ3) is 6.16. The first-order valence-electron chi connectivity index (χ1n) is 12.5. The van der Waals surface area contributed by atoms with Crippen LogP contribution in [0, 0.1) is 0 Å². The lowest BCUT2D eigenvalue weighted by molar-refractivity contribution is -0.274. The van der Waals surface area contributed by atoms with E-state index in [-0.39, 0.29) is 17.9 Å². The fourth-order valence-electron chi connectivity index (χ4n) is 5.10. The van der Waals surface area contributed by atoms with E-state index in [4.69, 9.17) is 4.74 Å². The molecule has 2 aromatic carbocycles. The summed E-state index contributed by atoms with van der Waals surface area (Å²) in [7, 11) is 0. The number of benzene rings is 2. The van der Waals surface area contributed by atoms with Gasteiger partial charge < -0.3 is 24.6 Å². The summed E-state index contributed by atoms with van der Waals surface area (Å²) in [4.78, 5) is 19.0. The number of alkyl halides is 3. The van der Waals surface area contributed by atoms with Crippen molar-refractivity contribution in [2.75, 3.05) is 49.5 Å². The Hall–Kier alpha value is -3.14. The Kier molecular flexibility index (Phi) is 7.13. The number of carbonyl (C=O) groups excluding carboxylic acids is 1. The fraction of sp³-hybridized carbons (Fsp3) is 0.500. The molecule has 194 valence electrons. The van der Waals surface area contributed by atoms with Crippen LogP contribution in [-0.2, 0) is 0 Å². The molecule has 2 amide bonds. The maximum Gasteiger partial charge on any atom is 0.573 e. The SMILES string of the molecule is O=C(Nc1cccc(OC2CCCC2)c1)N1CC(N2CCN(c3ccc(OC(F)(F)F)cc3)CC2)C1. The fourth-order valence-corrected chi connectivity index (χ4v) is 5.10. The molecule has 0 bridgehead atoms. The topological polar surface area (TPSA) is 57.3 Å². The zero-order valence-electron chi connectivity index (χ0n) is 20.0. The number of piperazine rings is 1. The molecule has 1 aliphatic carbocycles. The van der Waals surface area contributed by atoms with Crippen LogP contribution >= 0.6 is 0 Å². The molecule has 0 radical (unpaired) electrons. The molecule has 3 aliphatic rings. The van der Waals surface area contributed by atoms with E-state index in [0.717, 1.165) is 56.1 Å². The Morgan fingerprint density at radius 2 is 1.61 bits per heavy atom. The average molecular weight is 505 g/mol. The maximum absolute atomic E-state index is 12.7. The molecule has 2 heterocycles. The lowest BCUT2D eigenvalue weighted by atomic mass is 10.1. The number of urea groups is 1. The lowest BCUT2D eigenvalue weighted by Gasteiger charge is -2.48. The van der Waals surface area contributed by atoms with Crippen LogP contribution in [0.25, 0.3) is 0 Å². The van der Waals surface area contributed by atoms with Crippen molar-refractivity contribution in [3.05, 3.63) is 48.5 Å². The third-order valence-corrected chi connectivity index (χ3v) is 7.11. The van der Waals surface area contributed by atoms with Gasteiger partial charge in [0.2, 0.25) is 0 Å². The Morgan fingerprint density at radius 3 is 2.28 bits per heavy atom. The third-order valence-electron chi connectivity index (χ3n) is 7.11. The van der Waals surface area contributed by atoms with Crippen molar-refractivity contribution >= 4 is 17.4 Å². The van der Waals surface area contributed by atoms with Crippen LogP contribution in [0.2, 0.25) is 0 Å². The highest BCUT2D eigenvalue weighted by Crippen LogP contribution is 2.28. The normalized spacial score (nSPS) is 19.8. The van der Waals surface area contributed by atoms with Gasteiger partial charge in [-0.15, -0.1) is 13.2 Å². The largest absolute Gasteiger partial charge is 0.573 e. The van der Waals surface area contributed by atoms with Crippen molar-refractivity contribution in [2.24, 2.45) is 0 Å². The second kappa shape index (κ2) is 10.5. The number of nitrogens with one attached hydrogen (secondary N) is 1. The van der Waals surface area contributed by atoms with Gasteiger partial charge in [-0.3, -0.25) is 4.90 Å². The number of carbonyl (C=O) groups is 1. The first kappa shape index (κ1) is 24.5. The number of ether oxygens (including phenoxy) is 2. The van der Waals surface area contributed by atoms with Crippen molar-refractivity contribution in [2.45, 2.75) is 44.2 Å². The molecule has 2 aliphatic heterocycles. The smallest absolute Gasteiger partial charge is 0.490 e. The monoisotopic (exact) mass is 504 g/mol. The summed E-state index contributed by atoms with van der Waals surface area (Å²) < 4.78 is 47.0. The Balaban J connectivity index is 1.05. The van der Waals surface area contributed by atoms with E-state index in [9.17, 15) is 18.0 Å². The molecule has 1 N–H and O–H groups in total. The predicted octanol–water partition coefficient (Wildman–Crippen LogP) is 4.94. The molecule has 0 atom stereocenters. The number of anilines is 2. The Bertz CT molecular complexity index is 1030. The number of hydrogen-bond acceptors (Lipinski definition) is 5. The highest BCUT2D eigenvalue weighted by Gasteiger charge is 2.36. The summed E-state index contributed by atoms with van der Waals surface area (Å²) in [6.07, 6.45) is 0.177. The second-order valence-electron chi connectivity index (χ2n) is 9.61. The standard InChI is InChI=1S/C26H31F3N4O3/c27-26(28,29)36-23-10-8-20(9-11-23)31-12-14-32(15-13-31)21-17-33(18-21)25(34)30-19-4-3-7-24(16-19)35-22-5-1-2-6-22/h3-4,7-11,16,21-22H,1-2,5-6,12-15,17-18H2,(H,30,34). The molecular weight excluding hydrogens is 473 g/mol. The van der Waals surface area contributed by atoms with Gasteiger partial charge in [-0.25, -0.2) is 4.79 Å². The summed E-state index contributed by atoms with van der Waals surface area (Å²) in [5.41, 5.74) is 1.61. The lowest BCUT2D eigenvalue weighted by Crippen LogP contribution is -2.64. The van der Waals surface area contributed by atoms with Gasteiger partial charge >= 0.3 is 12.4 Å². The molecular formula is C26H31F3N4O3. The summed E-state index contributed by atoms with van der Waals surface area (Å²) in [5, 5.41) is 2.98. The van der Waals surface area contributed by atoms with E-state index < -0.39 is 6.36 Å². The highest BCUT2D eigenvalue weighted by molar-refractivity contribution is 5.90. The van der Waals surface area contributed by atoms with Crippen LogP contribution < -0.4 is 19.7 Å². The van der Waals surface area contributed by atoms with Gasteiger partial charge in [-0.1, -0.05) is 6.07 Å². The molecule has 0 unspecified atom stereocenters. The number of rotatable bonds is 6. The van der Waals surface area contributed by atoms with Crippen molar-refractivity contribution in [3.63, 3.8) is 0 Å². The van der Waals surface area contributed by atoms with Gasteiger partial charge in [0.05, 0.1) is 6.10 Å². The Labute approximate surface area is 208 Å². The zero-order valence-corrected chi connectivity index (χ0v) is 20.0. The second-order valence-corrected chi connectivity index (χ2v) is 9.61. The quantitative estimate of drug-likeness (QED) is 0.604. The molecule has 3 fully saturated rings. The van der Waals surface area contributed by atoms with Crippen molar-refractivity contribution in [3.8, 4) is 11.5 Å². The molecule has 5 rings (SSSR count). The molecule has 10 heteroatoms. The maximum atomic E-state index is 12.7. The zero-order chi connectivity index (χ0) is 25.1. The van der Waals surface area contributed by atoms with Gasteiger partial charge in [0.25, 0.3) is 0 Å². The van der Waals surface area contributed by atoms with Gasteiger partial charge in [0.15, 0.2) is 0 Å². The molecule has 0 aromatic heterocycles. The predicted molar refractivity (Wildman–Crippen MR) is 131 cm³/mol. The molecule has 2 saturated heterocycles. The summed E-state index contributed by atoms with van der Waals surface area (Å²) in [6, 6.07) is 13.8. The number of nitrogens with zero attached hydrogens (tertiary/aromatic N) is 3. The van der Waals surface area contributed by atoms with Gasteiger partial charge in [-0.2, -0.15) is 0 Å². The molecule has 36 heavy (non-hydrogen) atoms. The Morgan fingerprint density at radius 1 is 0.917 bits per heavy atom. The highest BCUT2D eigenvalue weighted by atomic mass is 19.4. The van der Waals surface area contributed by atoms with Crippen molar-refractivity contribution < 1.29 is 27.4 Å². The van der Waals surface area contributed by atoms with Crippen LogP contribution in [0.1, 0.15) is 25.7 Å². The van der Waals surface area contributed by atoms with Gasteiger partial charge in [-0.05, 0) is 62.1 Å². The molecule has 2 aromatic rings. The summed E-state index contributed by atoms with van der Waals surface area (Å²) >= 11 is 0. The van der Waals surface area contributed by atoms with Crippen LogP contribution in [-0.4, -0.2) is 73.6 Å². The number of amides is 2. The minimum atomic E-state index is -4.69. The molecule has 0 spiro atoms. The molecule has 7 nitrogen and oxygen atoms in total. The van der Waals surface area contributed by atoms with E-state index in [1.54, 1.807) is 17.0 Å². The first-order chi connectivity index (χ1) is 17.3.